The highest BCUT2D eigenvalue weighted by atomic mass is 16.5. The van der Waals surface area contributed by atoms with Crippen molar-refractivity contribution in [3.63, 3.8) is 0 Å². The molecule has 0 saturated heterocycles. The van der Waals surface area contributed by atoms with Gasteiger partial charge in [-0.05, 0) is 0 Å². The molecule has 0 rings (SSSR count). The van der Waals surface area contributed by atoms with E-state index >= 15 is 0 Å². The van der Waals surface area contributed by atoms with Crippen molar-refractivity contribution in [1.82, 2.24) is 0 Å². The zero-order chi connectivity index (χ0) is 10.8. The van der Waals surface area contributed by atoms with E-state index < -0.39 is 11.9 Å². The molecule has 0 aromatic carbocycles. The molecule has 0 heterocycles. The molecular weight excluding hydrogens is 184 g/mol. The number of rotatable bonds is 7. The van der Waals surface area contributed by atoms with E-state index in [-0.39, 0.29) is 26.1 Å². The van der Waals surface area contributed by atoms with Gasteiger partial charge in [0.15, 0.2) is 0 Å². The molecule has 0 aromatic rings. The molecule has 0 aliphatic carbocycles. The Hall–Kier alpha value is -1.58. The average molecular weight is 198 g/mol. The van der Waals surface area contributed by atoms with Crippen molar-refractivity contribution in [1.29, 1.82) is 0 Å². The van der Waals surface area contributed by atoms with Crippen LogP contribution < -0.4 is 0 Å². The SMILES string of the molecule is C=CCOC(=O)CCC(=O)OCC=C. The number of carbonyl (C=O) groups excluding carboxylic acids is 2. The molecule has 0 saturated carbocycles. The molecule has 0 unspecified atom stereocenters. The van der Waals surface area contributed by atoms with Crippen molar-refractivity contribution < 1.29 is 19.1 Å². The van der Waals surface area contributed by atoms with Crippen LogP contribution in [-0.4, -0.2) is 25.2 Å². The van der Waals surface area contributed by atoms with Gasteiger partial charge in [0.05, 0.1) is 12.8 Å². The van der Waals surface area contributed by atoms with Crippen LogP contribution in [0.3, 0.4) is 0 Å². The summed E-state index contributed by atoms with van der Waals surface area (Å²) in [7, 11) is 0. The predicted octanol–water partition coefficient (Wildman–Crippen LogP) is 1.22. The smallest absolute Gasteiger partial charge is 0.306 e. The van der Waals surface area contributed by atoms with Gasteiger partial charge in [0, 0.05) is 0 Å². The zero-order valence-corrected chi connectivity index (χ0v) is 8.03. The molecule has 0 amide bonds. The Labute approximate surface area is 83.2 Å². The number of hydrogen-bond donors (Lipinski definition) is 0. The van der Waals surface area contributed by atoms with E-state index in [0.717, 1.165) is 0 Å². The molecule has 0 bridgehead atoms. The number of hydrogen-bond acceptors (Lipinski definition) is 4. The van der Waals surface area contributed by atoms with Crippen molar-refractivity contribution in [3.8, 4) is 0 Å². The highest BCUT2D eigenvalue weighted by molar-refractivity contribution is 5.77. The van der Waals surface area contributed by atoms with Gasteiger partial charge in [-0.25, -0.2) is 0 Å². The molecule has 0 aliphatic heterocycles. The van der Waals surface area contributed by atoms with E-state index in [4.69, 9.17) is 0 Å². The maximum absolute atomic E-state index is 10.9. The molecule has 0 radical (unpaired) electrons. The van der Waals surface area contributed by atoms with E-state index in [1.54, 1.807) is 0 Å². The monoisotopic (exact) mass is 198 g/mol. The van der Waals surface area contributed by atoms with Crippen LogP contribution in [0.4, 0.5) is 0 Å². The van der Waals surface area contributed by atoms with Gasteiger partial charge in [-0.15, -0.1) is 0 Å². The third-order valence-electron chi connectivity index (χ3n) is 1.26. The van der Waals surface area contributed by atoms with Crippen molar-refractivity contribution in [2.45, 2.75) is 12.8 Å². The minimum Gasteiger partial charge on any atom is -0.461 e. The van der Waals surface area contributed by atoms with Crippen molar-refractivity contribution in [3.05, 3.63) is 25.3 Å². The van der Waals surface area contributed by atoms with Gasteiger partial charge in [0.1, 0.15) is 13.2 Å². The Balaban J connectivity index is 3.50. The minimum atomic E-state index is -0.430. The summed E-state index contributed by atoms with van der Waals surface area (Å²) in [4.78, 5) is 21.8. The summed E-state index contributed by atoms with van der Waals surface area (Å²) < 4.78 is 9.32. The maximum Gasteiger partial charge on any atom is 0.306 e. The van der Waals surface area contributed by atoms with Crippen LogP contribution >= 0.6 is 0 Å². The predicted molar refractivity (Wildman–Crippen MR) is 51.5 cm³/mol. The van der Waals surface area contributed by atoms with Crippen LogP contribution in [0, 0.1) is 0 Å². The van der Waals surface area contributed by atoms with Gasteiger partial charge in [-0.3, -0.25) is 9.59 Å². The minimum absolute atomic E-state index is 0.0316. The molecule has 14 heavy (non-hydrogen) atoms. The fraction of sp³-hybridized carbons (Fsp3) is 0.400. The van der Waals surface area contributed by atoms with Crippen molar-refractivity contribution in [2.24, 2.45) is 0 Å². The summed E-state index contributed by atoms with van der Waals surface area (Å²) >= 11 is 0. The lowest BCUT2D eigenvalue weighted by Gasteiger charge is -2.02. The third kappa shape index (κ3) is 7.09. The first kappa shape index (κ1) is 12.4. The second-order valence-corrected chi connectivity index (χ2v) is 2.44. The summed E-state index contributed by atoms with van der Waals surface area (Å²) in [6.45, 7) is 7.11. The largest absolute Gasteiger partial charge is 0.461 e. The first-order valence-corrected chi connectivity index (χ1v) is 4.23. The lowest BCUT2D eigenvalue weighted by molar-refractivity contribution is -0.149. The Bertz CT molecular complexity index is 196. The molecule has 0 fully saturated rings. The number of ether oxygens (including phenoxy) is 2. The molecule has 0 N–H and O–H groups in total. The third-order valence-corrected chi connectivity index (χ3v) is 1.26. The average Bonchev–Trinajstić information content (AvgIpc) is 2.20. The quantitative estimate of drug-likeness (QED) is 0.456. The van der Waals surface area contributed by atoms with E-state index in [1.807, 2.05) is 0 Å². The van der Waals surface area contributed by atoms with Crippen LogP contribution in [0.25, 0.3) is 0 Å². The van der Waals surface area contributed by atoms with Crippen LogP contribution in [-0.2, 0) is 19.1 Å². The summed E-state index contributed by atoms with van der Waals surface area (Å²) in [5.74, 6) is -0.860. The van der Waals surface area contributed by atoms with Crippen molar-refractivity contribution in [2.75, 3.05) is 13.2 Å². The van der Waals surface area contributed by atoms with Gasteiger partial charge < -0.3 is 9.47 Å². The Morgan fingerprint density at radius 3 is 1.57 bits per heavy atom. The molecular formula is C10H14O4. The number of carbonyl (C=O) groups is 2. The molecule has 4 nitrogen and oxygen atoms in total. The second kappa shape index (κ2) is 8.04. The molecule has 0 atom stereocenters. The first-order valence-electron chi connectivity index (χ1n) is 4.23. The molecule has 0 aliphatic rings. The first-order chi connectivity index (χ1) is 6.70. The van der Waals surface area contributed by atoms with Gasteiger partial charge in [0.2, 0.25) is 0 Å². The van der Waals surface area contributed by atoms with Gasteiger partial charge in [0.25, 0.3) is 0 Å². The molecule has 78 valence electrons. The standard InChI is InChI=1S/C10H14O4/c1-3-7-13-9(11)5-6-10(12)14-8-4-2/h3-4H,1-2,5-8H2. The molecule has 4 heteroatoms. The fourth-order valence-corrected chi connectivity index (χ4v) is 0.652. The highest BCUT2D eigenvalue weighted by Gasteiger charge is 2.07. The second-order valence-electron chi connectivity index (χ2n) is 2.44. The number of esters is 2. The summed E-state index contributed by atoms with van der Waals surface area (Å²) in [5, 5.41) is 0. The molecule has 0 aromatic heterocycles. The van der Waals surface area contributed by atoms with Gasteiger partial charge in [-0.1, -0.05) is 25.3 Å². The Kier molecular flexibility index (Phi) is 7.13. The van der Waals surface area contributed by atoms with Crippen LogP contribution in [0.1, 0.15) is 12.8 Å². The van der Waals surface area contributed by atoms with E-state index in [0.29, 0.717) is 0 Å². The Morgan fingerprint density at radius 2 is 1.29 bits per heavy atom. The summed E-state index contributed by atoms with van der Waals surface area (Å²) in [6.07, 6.45) is 3.00. The topological polar surface area (TPSA) is 52.6 Å². The van der Waals surface area contributed by atoms with Gasteiger partial charge in [-0.2, -0.15) is 0 Å². The van der Waals surface area contributed by atoms with Crippen LogP contribution in [0.5, 0.6) is 0 Å². The lowest BCUT2D eigenvalue weighted by atomic mass is 10.3. The van der Waals surface area contributed by atoms with Crippen LogP contribution in [0.15, 0.2) is 25.3 Å². The Morgan fingerprint density at radius 1 is 0.929 bits per heavy atom. The zero-order valence-electron chi connectivity index (χ0n) is 8.03. The summed E-state index contributed by atoms with van der Waals surface area (Å²) in [6, 6.07) is 0. The normalized spacial score (nSPS) is 8.86. The highest BCUT2D eigenvalue weighted by Crippen LogP contribution is 1.95. The van der Waals surface area contributed by atoms with Gasteiger partial charge >= 0.3 is 11.9 Å². The molecule has 0 spiro atoms. The summed E-state index contributed by atoms with van der Waals surface area (Å²) in [5.41, 5.74) is 0. The van der Waals surface area contributed by atoms with E-state index in [2.05, 4.69) is 22.6 Å². The van der Waals surface area contributed by atoms with Crippen molar-refractivity contribution >= 4 is 11.9 Å². The van der Waals surface area contributed by atoms with Crippen LogP contribution in [0.2, 0.25) is 0 Å². The van der Waals surface area contributed by atoms with E-state index in [9.17, 15) is 9.59 Å². The van der Waals surface area contributed by atoms with E-state index in [1.165, 1.54) is 12.2 Å². The maximum atomic E-state index is 10.9. The fourth-order valence-electron chi connectivity index (χ4n) is 0.652. The lowest BCUT2D eigenvalue weighted by Crippen LogP contribution is -2.10.